The molecule has 1 heterocycles. The second-order valence-corrected chi connectivity index (χ2v) is 7.67. The van der Waals surface area contributed by atoms with Crippen molar-refractivity contribution in [3.8, 4) is 0 Å². The summed E-state index contributed by atoms with van der Waals surface area (Å²) < 4.78 is 26.6. The minimum atomic E-state index is -3.62. The third-order valence-electron chi connectivity index (χ3n) is 2.97. The van der Waals surface area contributed by atoms with E-state index in [1.54, 1.807) is 11.8 Å². The van der Waals surface area contributed by atoms with Crippen LogP contribution in [0.3, 0.4) is 0 Å². The highest BCUT2D eigenvalue weighted by Gasteiger charge is 2.42. The van der Waals surface area contributed by atoms with Gasteiger partial charge in [0.15, 0.2) is 0 Å². The summed E-state index contributed by atoms with van der Waals surface area (Å²) in [6.07, 6.45) is 5.15. The van der Waals surface area contributed by atoms with Gasteiger partial charge in [0.1, 0.15) is 5.02 Å². The molecule has 0 aliphatic heterocycles. The molecule has 0 bridgehead atoms. The van der Waals surface area contributed by atoms with E-state index in [1.807, 2.05) is 6.26 Å². The van der Waals surface area contributed by atoms with Crippen molar-refractivity contribution in [2.24, 2.45) is 0 Å². The van der Waals surface area contributed by atoms with Crippen LogP contribution in [0.15, 0.2) is 22.0 Å². The third-order valence-corrected chi connectivity index (χ3v) is 6.05. The zero-order valence-corrected chi connectivity index (χ0v) is 12.1. The van der Waals surface area contributed by atoms with E-state index >= 15 is 0 Å². The van der Waals surface area contributed by atoms with Crippen LogP contribution in [0.25, 0.3) is 0 Å². The molecule has 1 aliphatic rings. The molecule has 0 atom stereocenters. The average molecular weight is 309 g/mol. The van der Waals surface area contributed by atoms with Gasteiger partial charge in [-0.15, -0.1) is 0 Å². The van der Waals surface area contributed by atoms with Crippen molar-refractivity contribution < 1.29 is 8.42 Å². The summed E-state index contributed by atoms with van der Waals surface area (Å²) in [5.41, 5.74) is -0.501. The molecule has 1 aromatic heterocycles. The molecule has 18 heavy (non-hydrogen) atoms. The number of pyridine rings is 1. The highest BCUT2D eigenvalue weighted by molar-refractivity contribution is 8.00. The Balaban J connectivity index is 2.15. The molecule has 1 fully saturated rings. The highest BCUT2D eigenvalue weighted by atomic mass is 35.5. The molecule has 0 radical (unpaired) electrons. The Kier molecular flexibility index (Phi) is 3.77. The van der Waals surface area contributed by atoms with Crippen LogP contribution in [0.2, 0.25) is 5.02 Å². The first-order valence-electron chi connectivity index (χ1n) is 5.32. The lowest BCUT2D eigenvalue weighted by molar-refractivity contribution is 0.579. The van der Waals surface area contributed by atoms with Crippen LogP contribution in [0, 0.1) is 0 Å². The molecule has 2 rings (SSSR count). The molecular formula is C10H13ClN2O3S2. The van der Waals surface area contributed by atoms with Crippen LogP contribution in [-0.4, -0.2) is 30.9 Å². The molecule has 1 aliphatic carbocycles. The standard InChI is InChI=1S/C10H13ClN2O3S2/c1-17-10(2-3-10)6-13-18(15,16)7-4-8(11)9(14)12-5-7/h4-5,13H,2-3,6H2,1H3,(H,12,14). The van der Waals surface area contributed by atoms with Gasteiger partial charge in [0, 0.05) is 17.5 Å². The van der Waals surface area contributed by atoms with Crippen molar-refractivity contribution in [1.29, 1.82) is 0 Å². The van der Waals surface area contributed by atoms with E-state index in [4.69, 9.17) is 11.6 Å². The van der Waals surface area contributed by atoms with Gasteiger partial charge >= 0.3 is 0 Å². The first-order chi connectivity index (χ1) is 8.38. The second-order valence-electron chi connectivity index (χ2n) is 4.22. The van der Waals surface area contributed by atoms with Crippen molar-refractivity contribution in [2.75, 3.05) is 12.8 Å². The first kappa shape index (κ1) is 13.9. The highest BCUT2D eigenvalue weighted by Crippen LogP contribution is 2.46. The molecular weight excluding hydrogens is 296 g/mol. The lowest BCUT2D eigenvalue weighted by Crippen LogP contribution is -2.32. The van der Waals surface area contributed by atoms with Gasteiger partial charge in [0.25, 0.3) is 5.56 Å². The van der Waals surface area contributed by atoms with Crippen LogP contribution in [0.5, 0.6) is 0 Å². The smallest absolute Gasteiger partial charge is 0.266 e. The maximum Gasteiger partial charge on any atom is 0.266 e. The minimum Gasteiger partial charge on any atom is -0.326 e. The zero-order chi connectivity index (χ0) is 13.4. The lowest BCUT2D eigenvalue weighted by atomic mass is 10.4. The van der Waals surface area contributed by atoms with Gasteiger partial charge in [0.2, 0.25) is 10.0 Å². The number of rotatable bonds is 5. The number of H-pyrrole nitrogens is 1. The average Bonchev–Trinajstić information content (AvgIpc) is 3.11. The molecule has 100 valence electrons. The summed E-state index contributed by atoms with van der Waals surface area (Å²) >= 11 is 7.28. The number of nitrogens with one attached hydrogen (secondary N) is 2. The fourth-order valence-corrected chi connectivity index (χ4v) is 3.67. The number of aromatic nitrogens is 1. The molecule has 2 N–H and O–H groups in total. The SMILES string of the molecule is CSC1(CNS(=O)(=O)c2c[nH]c(=O)c(Cl)c2)CC1. The molecule has 0 amide bonds. The predicted molar refractivity (Wildman–Crippen MR) is 72.7 cm³/mol. The van der Waals surface area contributed by atoms with Crippen molar-refractivity contribution in [2.45, 2.75) is 22.5 Å². The van der Waals surface area contributed by atoms with Crippen LogP contribution >= 0.6 is 23.4 Å². The summed E-state index contributed by atoms with van der Waals surface area (Å²) in [5.74, 6) is 0. The van der Waals surface area contributed by atoms with E-state index in [1.165, 1.54) is 0 Å². The summed E-state index contributed by atoms with van der Waals surface area (Å²) in [6, 6.07) is 1.15. The van der Waals surface area contributed by atoms with Gasteiger partial charge < -0.3 is 4.98 Å². The zero-order valence-electron chi connectivity index (χ0n) is 9.70. The summed E-state index contributed by atoms with van der Waals surface area (Å²) in [4.78, 5) is 13.3. The van der Waals surface area contributed by atoms with E-state index in [0.717, 1.165) is 25.1 Å². The van der Waals surface area contributed by atoms with Crippen molar-refractivity contribution >= 4 is 33.4 Å². The molecule has 8 heteroatoms. The quantitative estimate of drug-likeness (QED) is 0.857. The number of aromatic amines is 1. The van der Waals surface area contributed by atoms with Crippen LogP contribution in [0.1, 0.15) is 12.8 Å². The van der Waals surface area contributed by atoms with Crippen LogP contribution in [-0.2, 0) is 10.0 Å². The third kappa shape index (κ3) is 2.90. The maximum atomic E-state index is 12.0. The Morgan fingerprint density at radius 1 is 1.56 bits per heavy atom. The van der Waals surface area contributed by atoms with E-state index in [-0.39, 0.29) is 14.7 Å². The Labute approximate surface area is 114 Å². The lowest BCUT2D eigenvalue weighted by Gasteiger charge is -2.13. The predicted octanol–water partition coefficient (Wildman–Crippen LogP) is 1.20. The summed E-state index contributed by atoms with van der Waals surface area (Å²) in [7, 11) is -3.62. The molecule has 1 aromatic rings. The van der Waals surface area contributed by atoms with Gasteiger partial charge in [-0.05, 0) is 25.2 Å². The topological polar surface area (TPSA) is 79.0 Å². The van der Waals surface area contributed by atoms with Crippen molar-refractivity contribution in [3.05, 3.63) is 27.6 Å². The second kappa shape index (κ2) is 4.88. The normalized spacial score (nSPS) is 17.7. The Morgan fingerprint density at radius 3 is 2.72 bits per heavy atom. The number of halogens is 1. The molecule has 0 aromatic carbocycles. The number of sulfonamides is 1. The monoisotopic (exact) mass is 308 g/mol. The molecule has 5 nitrogen and oxygen atoms in total. The Morgan fingerprint density at radius 2 is 2.22 bits per heavy atom. The Bertz CT molecular complexity index is 608. The fourth-order valence-electron chi connectivity index (χ4n) is 1.50. The van der Waals surface area contributed by atoms with Crippen molar-refractivity contribution in [3.63, 3.8) is 0 Å². The van der Waals surface area contributed by atoms with E-state index in [9.17, 15) is 13.2 Å². The minimum absolute atomic E-state index is 0.0241. The molecule has 0 spiro atoms. The van der Waals surface area contributed by atoms with Crippen LogP contribution in [0.4, 0.5) is 0 Å². The van der Waals surface area contributed by atoms with Crippen LogP contribution < -0.4 is 10.3 Å². The Hall–Kier alpha value is -0.500. The van der Waals surface area contributed by atoms with Gasteiger partial charge in [-0.2, -0.15) is 11.8 Å². The van der Waals surface area contributed by atoms with Crippen molar-refractivity contribution in [1.82, 2.24) is 9.71 Å². The largest absolute Gasteiger partial charge is 0.326 e. The number of thioether (sulfide) groups is 1. The molecule has 0 unspecified atom stereocenters. The van der Waals surface area contributed by atoms with E-state index in [2.05, 4.69) is 9.71 Å². The van der Waals surface area contributed by atoms with E-state index < -0.39 is 15.6 Å². The number of hydrogen-bond acceptors (Lipinski definition) is 4. The summed E-state index contributed by atoms with van der Waals surface area (Å²) in [5, 5.41) is -0.135. The maximum absolute atomic E-state index is 12.0. The van der Waals surface area contributed by atoms with Gasteiger partial charge in [-0.1, -0.05) is 11.6 Å². The van der Waals surface area contributed by atoms with Gasteiger partial charge in [0.05, 0.1) is 4.90 Å². The van der Waals surface area contributed by atoms with Gasteiger partial charge in [-0.3, -0.25) is 4.79 Å². The fraction of sp³-hybridized carbons (Fsp3) is 0.500. The summed E-state index contributed by atoms with van der Waals surface area (Å²) in [6.45, 7) is 0.396. The first-order valence-corrected chi connectivity index (χ1v) is 8.40. The van der Waals surface area contributed by atoms with Gasteiger partial charge in [-0.25, -0.2) is 13.1 Å². The number of hydrogen-bond donors (Lipinski definition) is 2. The van der Waals surface area contributed by atoms with E-state index in [0.29, 0.717) is 6.54 Å². The molecule has 1 saturated carbocycles. The molecule has 0 saturated heterocycles.